The number of esters is 1. The van der Waals surface area contributed by atoms with E-state index in [1.165, 1.54) is 7.11 Å². The van der Waals surface area contributed by atoms with Crippen LogP contribution in [0.4, 0.5) is 5.69 Å². The van der Waals surface area contributed by atoms with Crippen LogP contribution < -0.4 is 15.4 Å². The molecule has 2 rings (SSSR count). The summed E-state index contributed by atoms with van der Waals surface area (Å²) in [5.74, 6) is 0.305. The van der Waals surface area contributed by atoms with E-state index >= 15 is 0 Å². The van der Waals surface area contributed by atoms with Crippen molar-refractivity contribution in [3.8, 4) is 5.75 Å². The first-order valence-corrected chi connectivity index (χ1v) is 8.40. The van der Waals surface area contributed by atoms with Crippen LogP contribution in [0.1, 0.15) is 19.3 Å². The fourth-order valence-corrected chi connectivity index (χ4v) is 2.87. The third kappa shape index (κ3) is 5.44. The number of nitrogens with one attached hydrogen (secondary N) is 2. The molecule has 1 aromatic rings. The molecular weight excluding hydrogens is 324 g/mol. The van der Waals surface area contributed by atoms with Crippen molar-refractivity contribution >= 4 is 17.6 Å². The standard InChI is InChI=1S/C18H26N2O5/c1-23-13-18(8-10-19-11-9-18)17(22)20-14-3-5-15(6-4-14)25-12-7-16(21)24-2/h3-6,19H,7-13H2,1-2H3,(H,20,22). The summed E-state index contributed by atoms with van der Waals surface area (Å²) in [6.45, 7) is 2.28. The second-order valence-corrected chi connectivity index (χ2v) is 6.12. The Balaban J connectivity index is 1.91. The first kappa shape index (κ1) is 19.2. The van der Waals surface area contributed by atoms with E-state index in [2.05, 4.69) is 15.4 Å². The molecule has 1 fully saturated rings. The Morgan fingerprint density at radius 2 is 1.84 bits per heavy atom. The SMILES string of the molecule is COCC1(C(=O)Nc2ccc(OCCC(=O)OC)cc2)CCNCC1. The number of amides is 1. The molecule has 0 unspecified atom stereocenters. The highest BCUT2D eigenvalue weighted by Crippen LogP contribution is 2.31. The fraction of sp³-hybridized carbons (Fsp3) is 0.556. The summed E-state index contributed by atoms with van der Waals surface area (Å²) in [7, 11) is 2.97. The number of hydrogen-bond donors (Lipinski definition) is 2. The van der Waals surface area contributed by atoms with E-state index in [1.807, 2.05) is 0 Å². The van der Waals surface area contributed by atoms with Gasteiger partial charge in [-0.3, -0.25) is 9.59 Å². The molecule has 0 spiro atoms. The number of anilines is 1. The van der Waals surface area contributed by atoms with Gasteiger partial charge in [0.25, 0.3) is 0 Å². The Labute approximate surface area is 148 Å². The molecule has 1 aliphatic heterocycles. The van der Waals surface area contributed by atoms with Crippen molar-refractivity contribution in [3.63, 3.8) is 0 Å². The molecule has 1 saturated heterocycles. The lowest BCUT2D eigenvalue weighted by atomic mass is 9.78. The molecule has 1 aromatic carbocycles. The summed E-state index contributed by atoms with van der Waals surface area (Å²) in [6, 6.07) is 7.09. The van der Waals surface area contributed by atoms with E-state index in [4.69, 9.17) is 9.47 Å². The second kappa shape index (κ2) is 9.39. The van der Waals surface area contributed by atoms with Gasteiger partial charge in [0, 0.05) is 12.8 Å². The Kier molecular flexibility index (Phi) is 7.21. The van der Waals surface area contributed by atoms with Gasteiger partial charge in [0.2, 0.25) is 5.91 Å². The van der Waals surface area contributed by atoms with Gasteiger partial charge in [0.1, 0.15) is 5.75 Å². The first-order valence-electron chi connectivity index (χ1n) is 8.40. The maximum atomic E-state index is 12.7. The minimum Gasteiger partial charge on any atom is -0.493 e. The summed E-state index contributed by atoms with van der Waals surface area (Å²) in [5, 5.41) is 6.24. The molecule has 1 heterocycles. The maximum Gasteiger partial charge on any atom is 0.308 e. The summed E-state index contributed by atoms with van der Waals surface area (Å²) in [6.07, 6.45) is 1.70. The average Bonchev–Trinajstić information content (AvgIpc) is 2.64. The van der Waals surface area contributed by atoms with Gasteiger partial charge in [-0.2, -0.15) is 0 Å². The lowest BCUT2D eigenvalue weighted by Crippen LogP contribution is -2.47. The lowest BCUT2D eigenvalue weighted by Gasteiger charge is -2.35. The monoisotopic (exact) mass is 350 g/mol. The maximum absolute atomic E-state index is 12.7. The van der Waals surface area contributed by atoms with Crippen molar-refractivity contribution in [1.82, 2.24) is 5.32 Å². The molecular formula is C18H26N2O5. The molecule has 7 heteroatoms. The van der Waals surface area contributed by atoms with Gasteiger partial charge in [-0.1, -0.05) is 0 Å². The molecule has 1 amide bonds. The van der Waals surface area contributed by atoms with Crippen LogP contribution in [0.5, 0.6) is 5.75 Å². The number of benzene rings is 1. The van der Waals surface area contributed by atoms with E-state index in [1.54, 1.807) is 31.4 Å². The number of carbonyl (C=O) groups excluding carboxylic acids is 2. The Morgan fingerprint density at radius 1 is 1.16 bits per heavy atom. The van der Waals surface area contributed by atoms with Crippen molar-refractivity contribution in [2.45, 2.75) is 19.3 Å². The third-order valence-electron chi connectivity index (χ3n) is 4.38. The zero-order chi connectivity index (χ0) is 18.1. The Hall–Kier alpha value is -2.12. The summed E-state index contributed by atoms with van der Waals surface area (Å²) in [4.78, 5) is 23.8. The predicted molar refractivity (Wildman–Crippen MR) is 93.6 cm³/mol. The van der Waals surface area contributed by atoms with Crippen molar-refractivity contribution in [2.75, 3.05) is 45.8 Å². The lowest BCUT2D eigenvalue weighted by molar-refractivity contribution is -0.141. The summed E-state index contributed by atoms with van der Waals surface area (Å²) in [5.41, 5.74) is 0.217. The molecule has 0 radical (unpaired) electrons. The number of rotatable bonds is 8. The van der Waals surface area contributed by atoms with Crippen LogP contribution in [0.2, 0.25) is 0 Å². The van der Waals surface area contributed by atoms with Crippen LogP contribution >= 0.6 is 0 Å². The van der Waals surface area contributed by atoms with Gasteiger partial charge >= 0.3 is 5.97 Å². The van der Waals surface area contributed by atoms with Gasteiger partial charge in [0.15, 0.2) is 0 Å². The first-order chi connectivity index (χ1) is 12.1. The number of carbonyl (C=O) groups is 2. The highest BCUT2D eigenvalue weighted by molar-refractivity contribution is 5.95. The van der Waals surface area contributed by atoms with Gasteiger partial charge in [-0.05, 0) is 50.2 Å². The van der Waals surface area contributed by atoms with E-state index in [0.717, 1.165) is 25.9 Å². The summed E-state index contributed by atoms with van der Waals surface area (Å²) < 4.78 is 15.3. The van der Waals surface area contributed by atoms with Crippen LogP contribution in [0.15, 0.2) is 24.3 Å². The highest BCUT2D eigenvalue weighted by Gasteiger charge is 2.39. The van der Waals surface area contributed by atoms with Gasteiger partial charge in [-0.15, -0.1) is 0 Å². The van der Waals surface area contributed by atoms with E-state index < -0.39 is 5.41 Å². The third-order valence-corrected chi connectivity index (χ3v) is 4.38. The van der Waals surface area contributed by atoms with Crippen LogP contribution in [0.3, 0.4) is 0 Å². The quantitative estimate of drug-likeness (QED) is 0.693. The number of methoxy groups -OCH3 is 2. The molecule has 0 atom stereocenters. The van der Waals surface area contributed by atoms with Crippen LogP contribution in [-0.2, 0) is 19.1 Å². The molecule has 1 aliphatic rings. The Morgan fingerprint density at radius 3 is 2.44 bits per heavy atom. The molecule has 0 aromatic heterocycles. The molecule has 2 N–H and O–H groups in total. The zero-order valence-electron chi connectivity index (χ0n) is 14.8. The van der Waals surface area contributed by atoms with E-state index in [0.29, 0.717) is 18.0 Å². The smallest absolute Gasteiger partial charge is 0.308 e. The molecule has 0 bridgehead atoms. The van der Waals surface area contributed by atoms with Crippen molar-refractivity contribution < 1.29 is 23.8 Å². The normalized spacial score (nSPS) is 16.1. The average molecular weight is 350 g/mol. The van der Waals surface area contributed by atoms with Gasteiger partial charge in [0.05, 0.1) is 32.2 Å². The topological polar surface area (TPSA) is 85.9 Å². The molecule has 138 valence electrons. The zero-order valence-corrected chi connectivity index (χ0v) is 14.8. The number of piperidine rings is 1. The van der Waals surface area contributed by atoms with Crippen LogP contribution in [0.25, 0.3) is 0 Å². The van der Waals surface area contributed by atoms with Gasteiger partial charge < -0.3 is 24.8 Å². The number of hydrogen-bond acceptors (Lipinski definition) is 6. The van der Waals surface area contributed by atoms with E-state index in [9.17, 15) is 9.59 Å². The van der Waals surface area contributed by atoms with E-state index in [-0.39, 0.29) is 24.9 Å². The van der Waals surface area contributed by atoms with Gasteiger partial charge in [-0.25, -0.2) is 0 Å². The Bertz CT molecular complexity index is 562. The predicted octanol–water partition coefficient (Wildman–Crippen LogP) is 1.58. The van der Waals surface area contributed by atoms with Crippen molar-refractivity contribution in [3.05, 3.63) is 24.3 Å². The van der Waals surface area contributed by atoms with Crippen LogP contribution in [-0.4, -0.2) is 52.4 Å². The fourth-order valence-electron chi connectivity index (χ4n) is 2.87. The van der Waals surface area contributed by atoms with Crippen molar-refractivity contribution in [2.24, 2.45) is 5.41 Å². The van der Waals surface area contributed by atoms with Crippen LogP contribution in [0, 0.1) is 5.41 Å². The molecule has 0 saturated carbocycles. The molecule has 7 nitrogen and oxygen atoms in total. The largest absolute Gasteiger partial charge is 0.493 e. The number of ether oxygens (including phenoxy) is 3. The minimum atomic E-state index is -0.490. The van der Waals surface area contributed by atoms with Crippen molar-refractivity contribution in [1.29, 1.82) is 0 Å². The molecule has 25 heavy (non-hydrogen) atoms. The highest BCUT2D eigenvalue weighted by atomic mass is 16.5. The summed E-state index contributed by atoms with van der Waals surface area (Å²) >= 11 is 0. The second-order valence-electron chi connectivity index (χ2n) is 6.12. The minimum absolute atomic E-state index is 0.0183. The molecule has 0 aliphatic carbocycles.